The van der Waals surface area contributed by atoms with Crippen LogP contribution in [0, 0.1) is 0 Å². The van der Waals surface area contributed by atoms with Gasteiger partial charge in [0.05, 0.1) is 34.7 Å². The molecule has 3 rings (SSSR count). The minimum atomic E-state index is -0.341. The number of rotatable bonds is 5. The highest BCUT2D eigenvalue weighted by Crippen LogP contribution is 2.27. The Balaban J connectivity index is 1.70. The van der Waals surface area contributed by atoms with E-state index >= 15 is 0 Å². The molecule has 0 saturated heterocycles. The zero-order valence-corrected chi connectivity index (χ0v) is 15.3. The fourth-order valence-electron chi connectivity index (χ4n) is 2.27. The molecule has 3 aromatic rings. The number of nitrogens with one attached hydrogen (secondary N) is 2. The number of ether oxygens (including phenoxy) is 1. The average Bonchev–Trinajstić information content (AvgIpc) is 2.66. The molecule has 0 spiro atoms. The second-order valence-electron chi connectivity index (χ2n) is 5.34. The molecule has 0 fully saturated rings. The van der Waals surface area contributed by atoms with E-state index in [0.29, 0.717) is 21.5 Å². The van der Waals surface area contributed by atoms with Gasteiger partial charge in [0.15, 0.2) is 0 Å². The molecule has 5 nitrogen and oxygen atoms in total. The van der Waals surface area contributed by atoms with Gasteiger partial charge in [-0.05, 0) is 42.5 Å². The second kappa shape index (κ2) is 8.08. The molecule has 0 aliphatic rings. The first-order chi connectivity index (χ1) is 12.6. The number of hydrogen-bond acceptors (Lipinski definition) is 4. The number of pyridine rings is 1. The van der Waals surface area contributed by atoms with Crippen LogP contribution in [0.2, 0.25) is 10.0 Å². The summed E-state index contributed by atoms with van der Waals surface area (Å²) in [4.78, 5) is 16.5. The lowest BCUT2D eigenvalue weighted by Gasteiger charge is -2.11. The average molecular weight is 388 g/mol. The zero-order valence-electron chi connectivity index (χ0n) is 13.8. The van der Waals surface area contributed by atoms with Crippen molar-refractivity contribution in [1.29, 1.82) is 0 Å². The van der Waals surface area contributed by atoms with Crippen LogP contribution in [-0.2, 0) is 0 Å². The van der Waals surface area contributed by atoms with Gasteiger partial charge in [-0.1, -0.05) is 35.3 Å². The third-order valence-corrected chi connectivity index (χ3v) is 4.30. The number of para-hydroxylation sites is 2. The summed E-state index contributed by atoms with van der Waals surface area (Å²) in [5, 5.41) is 6.73. The second-order valence-corrected chi connectivity index (χ2v) is 6.15. The number of methoxy groups -OCH3 is 1. The van der Waals surface area contributed by atoms with E-state index in [1.54, 1.807) is 43.6 Å². The van der Waals surface area contributed by atoms with Crippen molar-refractivity contribution in [2.45, 2.75) is 0 Å². The summed E-state index contributed by atoms with van der Waals surface area (Å²) in [5.74, 6) is 0.376. The number of carbonyl (C=O) groups is 1. The first-order valence-electron chi connectivity index (χ1n) is 7.69. The third-order valence-electron chi connectivity index (χ3n) is 3.56. The van der Waals surface area contributed by atoms with E-state index in [1.807, 2.05) is 24.3 Å². The minimum absolute atomic E-state index is 0.279. The van der Waals surface area contributed by atoms with Gasteiger partial charge in [-0.2, -0.15) is 0 Å². The van der Waals surface area contributed by atoms with Crippen LogP contribution in [0.25, 0.3) is 0 Å². The number of aromatic nitrogens is 1. The topological polar surface area (TPSA) is 63.2 Å². The van der Waals surface area contributed by atoms with Gasteiger partial charge in [0.25, 0.3) is 5.91 Å². The summed E-state index contributed by atoms with van der Waals surface area (Å²) in [6.45, 7) is 0. The van der Waals surface area contributed by atoms with Gasteiger partial charge >= 0.3 is 0 Å². The van der Waals surface area contributed by atoms with Crippen molar-refractivity contribution in [2.75, 3.05) is 17.7 Å². The standard InChI is InChI=1S/C19H15Cl2N3O2/c1-26-18-5-3-2-4-16(18)23-13-7-9-17(22-11-13)19(25)24-12-6-8-14(20)15(21)10-12/h2-11,23H,1H3,(H,24,25). The lowest BCUT2D eigenvalue weighted by molar-refractivity contribution is 0.102. The zero-order chi connectivity index (χ0) is 18.5. The van der Waals surface area contributed by atoms with Gasteiger partial charge in [0.1, 0.15) is 11.4 Å². The van der Waals surface area contributed by atoms with Gasteiger partial charge in [0.2, 0.25) is 0 Å². The summed E-state index contributed by atoms with van der Waals surface area (Å²) < 4.78 is 5.30. The summed E-state index contributed by atoms with van der Waals surface area (Å²) in [6.07, 6.45) is 1.58. The molecule has 26 heavy (non-hydrogen) atoms. The number of nitrogens with zero attached hydrogens (tertiary/aromatic N) is 1. The Morgan fingerprint density at radius 2 is 1.77 bits per heavy atom. The molecule has 0 saturated carbocycles. The SMILES string of the molecule is COc1ccccc1Nc1ccc(C(=O)Nc2ccc(Cl)c(Cl)c2)nc1. The Labute approximate surface area is 160 Å². The molecule has 0 unspecified atom stereocenters. The van der Waals surface area contributed by atoms with Crippen molar-refractivity contribution < 1.29 is 9.53 Å². The van der Waals surface area contributed by atoms with Crippen molar-refractivity contribution in [2.24, 2.45) is 0 Å². The molecule has 1 amide bonds. The van der Waals surface area contributed by atoms with Crippen molar-refractivity contribution in [1.82, 2.24) is 4.98 Å². The van der Waals surface area contributed by atoms with Crippen LogP contribution in [0.15, 0.2) is 60.8 Å². The number of amides is 1. The number of carbonyl (C=O) groups excluding carboxylic acids is 1. The monoisotopic (exact) mass is 387 g/mol. The van der Waals surface area contributed by atoms with E-state index in [2.05, 4.69) is 15.6 Å². The summed E-state index contributed by atoms with van der Waals surface area (Å²) in [7, 11) is 1.61. The molecule has 1 aromatic heterocycles. The van der Waals surface area contributed by atoms with Gasteiger partial charge in [-0.3, -0.25) is 4.79 Å². The summed E-state index contributed by atoms with van der Waals surface area (Å²) in [6, 6.07) is 15.8. The van der Waals surface area contributed by atoms with Crippen molar-refractivity contribution in [3.8, 4) is 5.75 Å². The predicted octanol–water partition coefficient (Wildman–Crippen LogP) is 5.39. The van der Waals surface area contributed by atoms with Gasteiger partial charge < -0.3 is 15.4 Å². The fourth-order valence-corrected chi connectivity index (χ4v) is 2.57. The Hall–Kier alpha value is -2.76. The molecule has 0 atom stereocenters. The smallest absolute Gasteiger partial charge is 0.274 e. The van der Waals surface area contributed by atoms with Crippen LogP contribution < -0.4 is 15.4 Å². The van der Waals surface area contributed by atoms with E-state index in [0.717, 1.165) is 11.4 Å². The Kier molecular flexibility index (Phi) is 5.61. The predicted molar refractivity (Wildman–Crippen MR) is 105 cm³/mol. The molecule has 0 aliphatic carbocycles. The molecular formula is C19H15Cl2N3O2. The van der Waals surface area contributed by atoms with Crippen LogP contribution in [-0.4, -0.2) is 18.0 Å². The van der Waals surface area contributed by atoms with Crippen molar-refractivity contribution in [3.05, 3.63) is 76.5 Å². The first-order valence-corrected chi connectivity index (χ1v) is 8.45. The maximum Gasteiger partial charge on any atom is 0.274 e. The van der Waals surface area contributed by atoms with E-state index in [-0.39, 0.29) is 11.6 Å². The number of hydrogen-bond donors (Lipinski definition) is 2. The van der Waals surface area contributed by atoms with E-state index < -0.39 is 0 Å². The summed E-state index contributed by atoms with van der Waals surface area (Å²) in [5.41, 5.74) is 2.37. The maximum atomic E-state index is 12.3. The maximum absolute atomic E-state index is 12.3. The normalized spacial score (nSPS) is 10.3. The molecule has 0 bridgehead atoms. The van der Waals surface area contributed by atoms with E-state index in [9.17, 15) is 4.79 Å². The third kappa shape index (κ3) is 4.25. The molecular weight excluding hydrogens is 373 g/mol. The fraction of sp³-hybridized carbons (Fsp3) is 0.0526. The lowest BCUT2D eigenvalue weighted by atomic mass is 10.2. The molecule has 2 N–H and O–H groups in total. The molecule has 0 aliphatic heterocycles. The number of benzene rings is 2. The molecule has 132 valence electrons. The highest BCUT2D eigenvalue weighted by atomic mass is 35.5. The van der Waals surface area contributed by atoms with Crippen LogP contribution in [0.4, 0.5) is 17.1 Å². The Bertz CT molecular complexity index is 930. The molecule has 0 radical (unpaired) electrons. The Morgan fingerprint density at radius 1 is 1.00 bits per heavy atom. The summed E-state index contributed by atoms with van der Waals surface area (Å²) >= 11 is 11.8. The van der Waals surface area contributed by atoms with Crippen molar-refractivity contribution >= 4 is 46.2 Å². The quantitative estimate of drug-likeness (QED) is 0.615. The van der Waals surface area contributed by atoms with Gasteiger partial charge in [-0.25, -0.2) is 4.98 Å². The van der Waals surface area contributed by atoms with E-state index in [4.69, 9.17) is 27.9 Å². The van der Waals surface area contributed by atoms with Gasteiger partial charge in [-0.15, -0.1) is 0 Å². The Morgan fingerprint density at radius 3 is 2.46 bits per heavy atom. The lowest BCUT2D eigenvalue weighted by Crippen LogP contribution is -2.13. The van der Waals surface area contributed by atoms with E-state index in [1.165, 1.54) is 0 Å². The van der Waals surface area contributed by atoms with Gasteiger partial charge in [0, 0.05) is 5.69 Å². The molecule has 2 aromatic carbocycles. The minimum Gasteiger partial charge on any atom is -0.495 e. The van der Waals surface area contributed by atoms with Crippen molar-refractivity contribution in [3.63, 3.8) is 0 Å². The largest absolute Gasteiger partial charge is 0.495 e. The number of halogens is 2. The molecule has 1 heterocycles. The molecule has 7 heteroatoms. The highest BCUT2D eigenvalue weighted by molar-refractivity contribution is 6.42. The van der Waals surface area contributed by atoms with Crippen LogP contribution in [0.3, 0.4) is 0 Å². The van der Waals surface area contributed by atoms with Crippen LogP contribution in [0.1, 0.15) is 10.5 Å². The highest BCUT2D eigenvalue weighted by Gasteiger charge is 2.09. The first kappa shape index (κ1) is 18.0. The van der Waals surface area contributed by atoms with Crippen LogP contribution >= 0.6 is 23.2 Å². The number of anilines is 3. The van der Waals surface area contributed by atoms with Crippen LogP contribution in [0.5, 0.6) is 5.75 Å².